The third kappa shape index (κ3) is 3.90. The number of benzene rings is 2. The van der Waals surface area contributed by atoms with Crippen molar-refractivity contribution in [2.75, 3.05) is 0 Å². The van der Waals surface area contributed by atoms with Crippen LogP contribution in [0.1, 0.15) is 46.8 Å². The highest BCUT2D eigenvalue weighted by molar-refractivity contribution is 5.99. The quantitative estimate of drug-likeness (QED) is 0.540. The van der Waals surface area contributed by atoms with Crippen molar-refractivity contribution >= 4 is 11.6 Å². The Labute approximate surface area is 170 Å². The summed E-state index contributed by atoms with van der Waals surface area (Å²) < 4.78 is 1.73. The van der Waals surface area contributed by atoms with Crippen molar-refractivity contribution in [2.45, 2.75) is 33.2 Å². The van der Waals surface area contributed by atoms with Crippen LogP contribution in [0.15, 0.2) is 67.0 Å². The van der Waals surface area contributed by atoms with Gasteiger partial charge in [0.1, 0.15) is 5.56 Å². The van der Waals surface area contributed by atoms with Gasteiger partial charge in [-0.25, -0.2) is 9.50 Å². The van der Waals surface area contributed by atoms with Crippen LogP contribution in [0.25, 0.3) is 16.9 Å². The fourth-order valence-corrected chi connectivity index (χ4v) is 3.29. The second-order valence-electron chi connectivity index (χ2n) is 7.57. The number of nitrogens with one attached hydrogen (secondary N) is 1. The molecule has 0 spiro atoms. The van der Waals surface area contributed by atoms with E-state index >= 15 is 0 Å². The highest BCUT2D eigenvalue weighted by Crippen LogP contribution is 2.23. The van der Waals surface area contributed by atoms with Crippen molar-refractivity contribution in [3.8, 4) is 11.3 Å². The van der Waals surface area contributed by atoms with Gasteiger partial charge in [0.15, 0.2) is 5.65 Å². The molecule has 0 aliphatic carbocycles. The van der Waals surface area contributed by atoms with Crippen molar-refractivity contribution in [3.63, 3.8) is 0 Å². The van der Waals surface area contributed by atoms with Gasteiger partial charge in [0.2, 0.25) is 0 Å². The maximum absolute atomic E-state index is 12.7. The van der Waals surface area contributed by atoms with Crippen LogP contribution in [-0.4, -0.2) is 20.5 Å². The number of carbonyl (C=O) groups excluding carboxylic acids is 1. The molecule has 0 saturated heterocycles. The smallest absolute Gasteiger partial charge is 0.257 e. The molecular formula is C24H24N4O. The van der Waals surface area contributed by atoms with Gasteiger partial charge in [-0.05, 0) is 30.0 Å². The highest BCUT2D eigenvalue weighted by atomic mass is 16.1. The van der Waals surface area contributed by atoms with Gasteiger partial charge in [0.05, 0.1) is 11.9 Å². The molecule has 0 atom stereocenters. The molecule has 4 rings (SSSR count). The van der Waals surface area contributed by atoms with Crippen LogP contribution in [0.3, 0.4) is 0 Å². The summed E-state index contributed by atoms with van der Waals surface area (Å²) in [4.78, 5) is 17.1. The van der Waals surface area contributed by atoms with Crippen LogP contribution in [0.5, 0.6) is 0 Å². The van der Waals surface area contributed by atoms with E-state index in [0.29, 0.717) is 23.7 Å². The van der Waals surface area contributed by atoms with Crippen LogP contribution >= 0.6 is 0 Å². The van der Waals surface area contributed by atoms with Gasteiger partial charge in [-0.2, -0.15) is 5.10 Å². The van der Waals surface area contributed by atoms with Gasteiger partial charge >= 0.3 is 0 Å². The van der Waals surface area contributed by atoms with Gasteiger partial charge in [0.25, 0.3) is 5.91 Å². The van der Waals surface area contributed by atoms with E-state index in [0.717, 1.165) is 16.8 Å². The molecule has 0 aliphatic rings. The topological polar surface area (TPSA) is 59.3 Å². The SMILES string of the molecule is Cc1ccc(CNC(=O)c2cnn3c(-c4ccc(C(C)C)cc4)ccnc23)cc1. The van der Waals surface area contributed by atoms with Crippen molar-refractivity contribution in [3.05, 3.63) is 89.2 Å². The highest BCUT2D eigenvalue weighted by Gasteiger charge is 2.16. The van der Waals surface area contributed by atoms with Gasteiger partial charge < -0.3 is 5.32 Å². The second kappa shape index (κ2) is 7.87. The third-order valence-electron chi connectivity index (χ3n) is 5.09. The summed E-state index contributed by atoms with van der Waals surface area (Å²) in [5.74, 6) is 0.301. The number of aromatic nitrogens is 3. The predicted octanol–water partition coefficient (Wildman–Crippen LogP) is 4.76. The summed E-state index contributed by atoms with van der Waals surface area (Å²) in [6.45, 7) is 6.86. The van der Waals surface area contributed by atoms with E-state index in [2.05, 4.69) is 53.5 Å². The maximum atomic E-state index is 12.7. The van der Waals surface area contributed by atoms with E-state index in [4.69, 9.17) is 0 Å². The molecule has 29 heavy (non-hydrogen) atoms. The molecule has 0 fully saturated rings. The zero-order valence-electron chi connectivity index (χ0n) is 16.9. The number of hydrogen-bond acceptors (Lipinski definition) is 3. The molecule has 1 amide bonds. The number of fused-ring (bicyclic) bond motifs is 1. The lowest BCUT2D eigenvalue weighted by Crippen LogP contribution is -2.22. The van der Waals surface area contributed by atoms with Crippen molar-refractivity contribution in [1.29, 1.82) is 0 Å². The Hall–Kier alpha value is -3.47. The van der Waals surface area contributed by atoms with Gasteiger partial charge in [0, 0.05) is 18.3 Å². The molecule has 0 unspecified atom stereocenters. The van der Waals surface area contributed by atoms with Gasteiger partial charge in [-0.15, -0.1) is 0 Å². The fourth-order valence-electron chi connectivity index (χ4n) is 3.29. The molecule has 2 aromatic carbocycles. The average molecular weight is 384 g/mol. The molecule has 1 N–H and O–H groups in total. The van der Waals surface area contributed by atoms with E-state index in [1.807, 2.05) is 37.3 Å². The number of carbonyl (C=O) groups is 1. The summed E-state index contributed by atoms with van der Waals surface area (Å²) in [6, 6.07) is 18.5. The number of nitrogens with zero attached hydrogens (tertiary/aromatic N) is 3. The first-order valence-electron chi connectivity index (χ1n) is 9.80. The Morgan fingerprint density at radius 3 is 2.45 bits per heavy atom. The summed E-state index contributed by atoms with van der Waals surface area (Å²) in [5.41, 5.74) is 6.50. The van der Waals surface area contributed by atoms with E-state index < -0.39 is 0 Å². The van der Waals surface area contributed by atoms with Crippen LogP contribution < -0.4 is 5.32 Å². The second-order valence-corrected chi connectivity index (χ2v) is 7.57. The minimum absolute atomic E-state index is 0.180. The first kappa shape index (κ1) is 18.9. The Bertz CT molecular complexity index is 1140. The summed E-state index contributed by atoms with van der Waals surface area (Å²) in [6.07, 6.45) is 3.30. The largest absolute Gasteiger partial charge is 0.348 e. The predicted molar refractivity (Wildman–Crippen MR) is 115 cm³/mol. The lowest BCUT2D eigenvalue weighted by molar-refractivity contribution is 0.0952. The zero-order valence-corrected chi connectivity index (χ0v) is 16.9. The molecule has 0 radical (unpaired) electrons. The van der Waals surface area contributed by atoms with Crippen LogP contribution in [-0.2, 0) is 6.54 Å². The van der Waals surface area contributed by atoms with Crippen molar-refractivity contribution in [2.24, 2.45) is 0 Å². The maximum Gasteiger partial charge on any atom is 0.257 e. The molecule has 5 nitrogen and oxygen atoms in total. The number of rotatable bonds is 5. The molecule has 0 aliphatic heterocycles. The van der Waals surface area contributed by atoms with Crippen LogP contribution in [0, 0.1) is 6.92 Å². The minimum Gasteiger partial charge on any atom is -0.348 e. The molecule has 0 bridgehead atoms. The zero-order chi connectivity index (χ0) is 20.4. The average Bonchev–Trinajstić information content (AvgIpc) is 3.17. The van der Waals surface area contributed by atoms with Gasteiger partial charge in [-0.1, -0.05) is 67.9 Å². The summed E-state index contributed by atoms with van der Waals surface area (Å²) in [5, 5.41) is 7.39. The first-order chi connectivity index (χ1) is 14.0. The lowest BCUT2D eigenvalue weighted by Gasteiger charge is -2.09. The Kier molecular flexibility index (Phi) is 5.12. The molecule has 0 saturated carbocycles. The van der Waals surface area contributed by atoms with Crippen LogP contribution in [0.4, 0.5) is 0 Å². The lowest BCUT2D eigenvalue weighted by atomic mass is 10.0. The monoisotopic (exact) mass is 384 g/mol. The van der Waals surface area contributed by atoms with Crippen LogP contribution in [0.2, 0.25) is 0 Å². The number of amides is 1. The standard InChI is InChI=1S/C24H24N4O/c1-16(2)19-8-10-20(11-9-19)22-12-13-25-23-21(15-27-28(22)23)24(29)26-14-18-6-4-17(3)5-7-18/h4-13,15-16H,14H2,1-3H3,(H,26,29). The fraction of sp³-hybridized carbons (Fsp3) is 0.208. The summed E-state index contributed by atoms with van der Waals surface area (Å²) in [7, 11) is 0. The Morgan fingerprint density at radius 1 is 1.03 bits per heavy atom. The Morgan fingerprint density at radius 2 is 1.76 bits per heavy atom. The van der Waals surface area contributed by atoms with Crippen molar-refractivity contribution in [1.82, 2.24) is 19.9 Å². The molecule has 5 heteroatoms. The van der Waals surface area contributed by atoms with E-state index in [1.54, 1.807) is 16.9 Å². The molecule has 2 aromatic heterocycles. The van der Waals surface area contributed by atoms with Gasteiger partial charge in [-0.3, -0.25) is 4.79 Å². The van der Waals surface area contributed by atoms with E-state index in [1.165, 1.54) is 11.1 Å². The molecule has 4 aromatic rings. The third-order valence-corrected chi connectivity index (χ3v) is 5.09. The molecule has 2 heterocycles. The van der Waals surface area contributed by atoms with E-state index in [-0.39, 0.29) is 5.91 Å². The Balaban J connectivity index is 1.59. The first-order valence-corrected chi connectivity index (χ1v) is 9.80. The summed E-state index contributed by atoms with van der Waals surface area (Å²) >= 11 is 0. The molecular weight excluding hydrogens is 360 g/mol. The number of hydrogen-bond donors (Lipinski definition) is 1. The molecule has 146 valence electrons. The van der Waals surface area contributed by atoms with E-state index in [9.17, 15) is 4.79 Å². The number of aryl methyl sites for hydroxylation is 1. The minimum atomic E-state index is -0.180. The normalized spacial score (nSPS) is 11.2. The van der Waals surface area contributed by atoms with Crippen molar-refractivity contribution < 1.29 is 4.79 Å².